The Morgan fingerprint density at radius 3 is 2.35 bits per heavy atom. The maximum absolute atomic E-state index is 13.0. The second kappa shape index (κ2) is 9.47. The molecular formula is C24H27NO5S. The van der Waals surface area contributed by atoms with E-state index in [-0.39, 0.29) is 42.2 Å². The third kappa shape index (κ3) is 5.05. The van der Waals surface area contributed by atoms with Gasteiger partial charge in [0.25, 0.3) is 5.91 Å². The highest BCUT2D eigenvalue weighted by atomic mass is 32.1. The topological polar surface area (TPSA) is 83.9 Å². The first-order valence-corrected chi connectivity index (χ1v) is 11.2. The molecule has 1 unspecified atom stereocenters. The predicted molar refractivity (Wildman–Crippen MR) is 120 cm³/mol. The molecule has 0 aliphatic carbocycles. The average Bonchev–Trinajstić information content (AvgIpc) is 3.28. The molecule has 1 atom stereocenters. The summed E-state index contributed by atoms with van der Waals surface area (Å²) < 4.78 is 5.17. The summed E-state index contributed by atoms with van der Waals surface area (Å²) in [5.74, 6) is -1.54. The van der Waals surface area contributed by atoms with Gasteiger partial charge in [0.2, 0.25) is 0 Å². The second-order valence-corrected chi connectivity index (χ2v) is 9.24. The number of benzene rings is 1. The molecule has 3 rings (SSSR count). The summed E-state index contributed by atoms with van der Waals surface area (Å²) in [5, 5.41) is 12.5. The van der Waals surface area contributed by atoms with Crippen molar-refractivity contribution in [2.75, 3.05) is 4.90 Å². The Morgan fingerprint density at radius 1 is 1.13 bits per heavy atom. The van der Waals surface area contributed by atoms with Gasteiger partial charge in [0.1, 0.15) is 6.04 Å². The van der Waals surface area contributed by atoms with Crippen LogP contribution in [0.25, 0.3) is 0 Å². The van der Waals surface area contributed by atoms with Gasteiger partial charge >= 0.3 is 5.97 Å². The van der Waals surface area contributed by atoms with E-state index in [0.717, 1.165) is 10.4 Å². The molecule has 1 aliphatic rings. The Bertz CT molecular complexity index is 989. The number of anilines is 1. The summed E-state index contributed by atoms with van der Waals surface area (Å²) in [6, 6.07) is 9.98. The Hall–Kier alpha value is -2.93. The fraction of sp³-hybridized carbons (Fsp3) is 0.375. The zero-order valence-corrected chi connectivity index (χ0v) is 18.9. The molecule has 0 fully saturated rings. The van der Waals surface area contributed by atoms with Crippen molar-refractivity contribution in [3.63, 3.8) is 0 Å². The van der Waals surface area contributed by atoms with Crippen LogP contribution >= 0.6 is 11.3 Å². The smallest absolute Gasteiger partial charge is 0.310 e. The molecule has 0 saturated heterocycles. The van der Waals surface area contributed by atoms with E-state index in [0.29, 0.717) is 5.69 Å². The summed E-state index contributed by atoms with van der Waals surface area (Å²) in [7, 11) is 0. The minimum Gasteiger partial charge on any atom is -0.503 e. The number of thiophene rings is 1. The van der Waals surface area contributed by atoms with E-state index >= 15 is 0 Å². The number of amides is 1. The molecule has 0 radical (unpaired) electrons. The van der Waals surface area contributed by atoms with E-state index in [2.05, 4.69) is 0 Å². The van der Waals surface area contributed by atoms with Crippen molar-refractivity contribution < 1.29 is 24.2 Å². The van der Waals surface area contributed by atoms with Crippen molar-refractivity contribution in [3.05, 3.63) is 63.6 Å². The molecule has 0 bridgehead atoms. The summed E-state index contributed by atoms with van der Waals surface area (Å²) >= 11 is 1.43. The molecule has 6 nitrogen and oxygen atoms in total. The minimum atomic E-state index is -0.671. The normalized spacial score (nSPS) is 16.5. The van der Waals surface area contributed by atoms with E-state index in [1.807, 2.05) is 31.4 Å². The molecule has 1 aromatic heterocycles. The van der Waals surface area contributed by atoms with Crippen LogP contribution in [-0.4, -0.2) is 28.9 Å². The summed E-state index contributed by atoms with van der Waals surface area (Å²) in [4.78, 5) is 40.1. The lowest BCUT2D eigenvalue weighted by atomic mass is 9.95. The Morgan fingerprint density at radius 2 is 1.81 bits per heavy atom. The van der Waals surface area contributed by atoms with Crippen molar-refractivity contribution in [2.45, 2.75) is 52.7 Å². The SMILES string of the molecule is CC(C)CC(=O)C1=C(O)C(=O)N(c2ccc(CC(=O)OC(C)C)cc2)C1c1cccs1. The number of hydrogen-bond donors (Lipinski definition) is 1. The first kappa shape index (κ1) is 22.7. The number of ketones is 1. The molecule has 164 valence electrons. The molecule has 0 saturated carbocycles. The van der Waals surface area contributed by atoms with E-state index in [4.69, 9.17) is 4.74 Å². The molecule has 1 aromatic carbocycles. The number of carbonyl (C=O) groups excluding carboxylic acids is 3. The fourth-order valence-electron chi connectivity index (χ4n) is 3.60. The predicted octanol–water partition coefficient (Wildman–Crippen LogP) is 4.76. The van der Waals surface area contributed by atoms with Gasteiger partial charge in [-0.15, -0.1) is 11.3 Å². The number of aliphatic hydroxyl groups excluding tert-OH is 1. The van der Waals surface area contributed by atoms with Crippen LogP contribution in [0.3, 0.4) is 0 Å². The number of hydrogen-bond acceptors (Lipinski definition) is 6. The van der Waals surface area contributed by atoms with Crippen molar-refractivity contribution >= 4 is 34.7 Å². The highest BCUT2D eigenvalue weighted by Crippen LogP contribution is 2.43. The number of aliphatic hydroxyl groups is 1. The third-order valence-electron chi connectivity index (χ3n) is 4.84. The van der Waals surface area contributed by atoms with E-state index in [9.17, 15) is 19.5 Å². The Labute approximate surface area is 186 Å². The van der Waals surface area contributed by atoms with Gasteiger partial charge in [0.15, 0.2) is 11.5 Å². The van der Waals surface area contributed by atoms with Gasteiger partial charge in [-0.05, 0) is 48.9 Å². The zero-order chi connectivity index (χ0) is 22.7. The van der Waals surface area contributed by atoms with Gasteiger partial charge in [-0.25, -0.2) is 0 Å². The standard InChI is InChI=1S/C24H27NO5S/c1-14(2)12-18(26)21-22(19-6-5-11-31-19)25(24(29)23(21)28)17-9-7-16(8-10-17)13-20(27)30-15(3)4/h5-11,14-15,22,28H,12-13H2,1-4H3. The van der Waals surface area contributed by atoms with Crippen LogP contribution in [0.2, 0.25) is 0 Å². The van der Waals surface area contributed by atoms with Gasteiger partial charge < -0.3 is 9.84 Å². The highest BCUT2D eigenvalue weighted by molar-refractivity contribution is 7.10. The number of esters is 1. The summed E-state index contributed by atoms with van der Waals surface area (Å²) in [6.45, 7) is 7.44. The highest BCUT2D eigenvalue weighted by Gasteiger charge is 2.44. The van der Waals surface area contributed by atoms with Gasteiger partial charge in [-0.3, -0.25) is 19.3 Å². The van der Waals surface area contributed by atoms with Gasteiger partial charge in [-0.2, -0.15) is 0 Å². The number of nitrogens with zero attached hydrogens (tertiary/aromatic N) is 1. The van der Waals surface area contributed by atoms with Crippen molar-refractivity contribution in [1.29, 1.82) is 0 Å². The molecule has 2 aromatic rings. The lowest BCUT2D eigenvalue weighted by molar-refractivity contribution is -0.146. The van der Waals surface area contributed by atoms with Crippen LogP contribution < -0.4 is 4.90 Å². The van der Waals surface area contributed by atoms with Crippen LogP contribution in [0.5, 0.6) is 0 Å². The first-order valence-electron chi connectivity index (χ1n) is 10.3. The van der Waals surface area contributed by atoms with E-state index < -0.39 is 17.7 Å². The molecular weight excluding hydrogens is 414 g/mol. The zero-order valence-electron chi connectivity index (χ0n) is 18.1. The lowest BCUT2D eigenvalue weighted by Crippen LogP contribution is -2.30. The number of ether oxygens (including phenoxy) is 1. The van der Waals surface area contributed by atoms with Crippen LogP contribution in [0.15, 0.2) is 53.1 Å². The number of Topliss-reactive ketones (excluding diaryl/α,β-unsaturated/α-hetero) is 1. The molecule has 1 aliphatic heterocycles. The Kier molecular flexibility index (Phi) is 6.95. The quantitative estimate of drug-likeness (QED) is 0.597. The minimum absolute atomic E-state index is 0.103. The molecule has 7 heteroatoms. The number of carbonyl (C=O) groups is 3. The Balaban J connectivity index is 1.92. The maximum Gasteiger partial charge on any atom is 0.310 e. The molecule has 1 amide bonds. The average molecular weight is 442 g/mol. The second-order valence-electron chi connectivity index (χ2n) is 8.26. The summed E-state index contributed by atoms with van der Waals surface area (Å²) in [5.41, 5.74) is 1.44. The van der Waals surface area contributed by atoms with Crippen LogP contribution in [0.1, 0.15) is 50.6 Å². The van der Waals surface area contributed by atoms with Crippen molar-refractivity contribution in [3.8, 4) is 0 Å². The van der Waals surface area contributed by atoms with E-state index in [1.165, 1.54) is 16.2 Å². The summed E-state index contributed by atoms with van der Waals surface area (Å²) in [6.07, 6.45) is 0.193. The lowest BCUT2D eigenvalue weighted by Gasteiger charge is -2.26. The monoisotopic (exact) mass is 441 g/mol. The van der Waals surface area contributed by atoms with Gasteiger partial charge in [0, 0.05) is 17.0 Å². The molecule has 31 heavy (non-hydrogen) atoms. The molecule has 0 spiro atoms. The van der Waals surface area contributed by atoms with E-state index in [1.54, 1.807) is 38.1 Å². The molecule has 1 N–H and O–H groups in total. The van der Waals surface area contributed by atoms with Crippen LogP contribution in [0.4, 0.5) is 5.69 Å². The molecule has 2 heterocycles. The van der Waals surface area contributed by atoms with Crippen molar-refractivity contribution in [2.24, 2.45) is 5.92 Å². The fourth-order valence-corrected chi connectivity index (χ4v) is 4.42. The van der Waals surface area contributed by atoms with Crippen molar-refractivity contribution in [1.82, 2.24) is 0 Å². The maximum atomic E-state index is 13.0. The van der Waals surface area contributed by atoms with Crippen LogP contribution in [0, 0.1) is 5.92 Å². The van der Waals surface area contributed by atoms with Gasteiger partial charge in [0.05, 0.1) is 18.1 Å². The number of rotatable bonds is 8. The largest absolute Gasteiger partial charge is 0.503 e. The van der Waals surface area contributed by atoms with Crippen LogP contribution in [-0.2, 0) is 25.5 Å². The van der Waals surface area contributed by atoms with Gasteiger partial charge in [-0.1, -0.05) is 32.0 Å². The first-order chi connectivity index (χ1) is 14.7. The third-order valence-corrected chi connectivity index (χ3v) is 5.77.